The number of hydrogen-bond acceptors (Lipinski definition) is 32. The van der Waals surface area contributed by atoms with Gasteiger partial charge in [0, 0.05) is 0 Å². The molecule has 0 aliphatic carbocycles. The van der Waals surface area contributed by atoms with Crippen molar-refractivity contribution in [2.75, 3.05) is 92.5 Å². The number of hydrogen-bond donors (Lipinski definition) is 12. The minimum Gasteiger partial charge on any atom is -0.481 e. The molecule has 0 saturated heterocycles. The zero-order chi connectivity index (χ0) is 104. The van der Waals surface area contributed by atoms with Crippen molar-refractivity contribution in [3.8, 4) is 0 Å². The average Bonchev–Trinajstić information content (AvgIpc) is 0.876. The molecular formula is C92H180O38. The maximum atomic E-state index is 11.3. The summed E-state index contributed by atoms with van der Waals surface area (Å²) in [4.78, 5) is 148. The molecule has 0 aliphatic heterocycles. The molecule has 12 N–H and O–H groups in total. The predicted octanol–water partition coefficient (Wildman–Crippen LogP) is 13.5. The maximum Gasteiger partial charge on any atom is 0.311 e. The smallest absolute Gasteiger partial charge is 0.311 e. The van der Waals surface area contributed by atoms with Gasteiger partial charge in [-0.1, -0.05) is 96.9 Å². The summed E-state index contributed by atoms with van der Waals surface area (Å²) < 4.78 is 59.4. The molecule has 130 heavy (non-hydrogen) atoms. The number of aliphatic carboxylic acids is 6. The van der Waals surface area contributed by atoms with E-state index in [-0.39, 0.29) is 207 Å². The third-order valence-electron chi connectivity index (χ3n) is 18.1. The number of carboxylic acids is 6. The van der Waals surface area contributed by atoms with Crippen molar-refractivity contribution in [3.63, 3.8) is 0 Å². The number of carboxylic acid groups (broad SMARTS) is 6. The van der Waals surface area contributed by atoms with Crippen molar-refractivity contribution in [2.24, 2.45) is 22.7 Å². The monoisotopic (exact) mass is 1890 g/mol. The third kappa shape index (κ3) is 122. The molecule has 38 heteroatoms. The van der Waals surface area contributed by atoms with Crippen LogP contribution >= 0.6 is 0 Å². The molecule has 0 heterocycles. The first-order chi connectivity index (χ1) is 59.9. The van der Waals surface area contributed by atoms with Crippen molar-refractivity contribution in [2.45, 2.75) is 396 Å². The fourth-order valence-electron chi connectivity index (χ4n) is 6.03. The average molecular weight is 1890 g/mol. The summed E-state index contributed by atoms with van der Waals surface area (Å²) in [5.74, 6) is -8.33. The van der Waals surface area contributed by atoms with Crippen LogP contribution in [0.2, 0.25) is 0 Å². The third-order valence-corrected chi connectivity index (χ3v) is 18.1. The van der Waals surface area contributed by atoms with E-state index in [1.165, 1.54) is 0 Å². The van der Waals surface area contributed by atoms with Gasteiger partial charge in [0.25, 0.3) is 0 Å². The van der Waals surface area contributed by atoms with Crippen LogP contribution in [0.15, 0.2) is 0 Å². The van der Waals surface area contributed by atoms with Gasteiger partial charge in [0.05, 0.1) is 189 Å². The lowest BCUT2D eigenvalue weighted by molar-refractivity contribution is -0.159. The molecule has 0 radical (unpaired) electrons. The van der Waals surface area contributed by atoms with Crippen LogP contribution in [0.25, 0.3) is 0 Å². The first-order valence-corrected chi connectivity index (χ1v) is 44.9. The van der Waals surface area contributed by atoms with Crippen molar-refractivity contribution < 1.29 is 185 Å². The second-order valence-corrected chi connectivity index (χ2v) is 32.6. The van der Waals surface area contributed by atoms with E-state index >= 15 is 0 Å². The molecule has 0 spiro atoms. The summed E-state index contributed by atoms with van der Waals surface area (Å²) in [7, 11) is 0. The first kappa shape index (κ1) is 148. The number of rotatable bonds is 54. The summed E-state index contributed by atoms with van der Waals surface area (Å²) in [5, 5.41) is 99.7. The molecule has 0 rings (SSSR count). The Kier molecular flexibility index (Phi) is 107. The zero-order valence-corrected chi connectivity index (χ0v) is 84.9. The molecule has 0 aromatic rings. The number of aliphatic hydroxyl groups excluding tert-OH is 6. The SMILES string of the molecule is CCC(C)(C)C(=O)OCCC(=O)O.CCC(C)(C)C(=O)OCCO.CCC(C)(C)OC(=O)CCC(=O)O.CCC(C)(C)OC(=O)CCO.CCC(C)(C)OCCC(=O)O.CCC(C)(C)OCCO.CCC(C)C(=O)OCCC(=O)O.CCC(C)C(=O)OCCO.CCC(C)OC(=O)CCC(=O)O.CCC(C)OC(=O)CCO.CCC(C)OCCC(=O)O.CCC(C)OCCO. The van der Waals surface area contributed by atoms with Gasteiger partial charge in [-0.15, -0.1) is 0 Å². The second-order valence-electron chi connectivity index (χ2n) is 32.6. The Morgan fingerprint density at radius 1 is 0.246 bits per heavy atom. The highest BCUT2D eigenvalue weighted by Gasteiger charge is 2.29. The van der Waals surface area contributed by atoms with Gasteiger partial charge in [-0.25, -0.2) is 0 Å². The quantitative estimate of drug-likeness (QED) is 0.0199. The fourth-order valence-corrected chi connectivity index (χ4v) is 6.03. The largest absolute Gasteiger partial charge is 0.481 e. The van der Waals surface area contributed by atoms with E-state index in [0.717, 1.165) is 57.8 Å². The molecule has 38 nitrogen and oxygen atoms in total. The minimum atomic E-state index is -0.980. The number of ether oxygens (including phenoxy) is 12. The summed E-state index contributed by atoms with van der Waals surface area (Å²) in [5.41, 5.74) is -2.08. The van der Waals surface area contributed by atoms with E-state index in [1.54, 1.807) is 48.5 Å². The summed E-state index contributed by atoms with van der Waals surface area (Å²) in [6.07, 6.45) is 9.82. The first-order valence-electron chi connectivity index (χ1n) is 44.9. The van der Waals surface area contributed by atoms with Crippen molar-refractivity contribution in [3.05, 3.63) is 0 Å². The normalized spacial score (nSPS) is 12.0. The van der Waals surface area contributed by atoms with Crippen LogP contribution in [0.5, 0.6) is 0 Å². The van der Waals surface area contributed by atoms with E-state index < -0.39 is 69.8 Å². The molecule has 0 bridgehead atoms. The molecule has 0 aliphatic rings. The van der Waals surface area contributed by atoms with Gasteiger partial charge in [-0.05, 0) is 188 Å². The van der Waals surface area contributed by atoms with Crippen LogP contribution in [0, 0.1) is 22.7 Å². The van der Waals surface area contributed by atoms with Gasteiger partial charge in [0.15, 0.2) is 0 Å². The fraction of sp³-hybridized carbons (Fsp3) is 0.848. The van der Waals surface area contributed by atoms with E-state index in [2.05, 4.69) is 23.3 Å². The molecule has 6 unspecified atom stereocenters. The minimum absolute atomic E-state index is 0.0287. The molecule has 6 atom stereocenters. The van der Waals surface area contributed by atoms with E-state index in [0.29, 0.717) is 51.8 Å². The van der Waals surface area contributed by atoms with Crippen LogP contribution < -0.4 is 0 Å². The maximum absolute atomic E-state index is 11.3. The van der Waals surface area contributed by atoms with Gasteiger partial charge in [0.2, 0.25) is 0 Å². The van der Waals surface area contributed by atoms with Gasteiger partial charge < -0.3 is 118 Å². The highest BCUT2D eigenvalue weighted by Crippen LogP contribution is 2.23. The molecule has 0 aromatic carbocycles. The Morgan fingerprint density at radius 2 is 0.500 bits per heavy atom. The van der Waals surface area contributed by atoms with E-state index in [9.17, 15) is 67.1 Å². The zero-order valence-electron chi connectivity index (χ0n) is 84.9. The lowest BCUT2D eigenvalue weighted by atomic mass is 9.91. The van der Waals surface area contributed by atoms with Crippen LogP contribution in [0.1, 0.15) is 349 Å². The summed E-state index contributed by atoms with van der Waals surface area (Å²) in [6, 6.07) is 0. The Hall–Kier alpha value is -7.82. The van der Waals surface area contributed by atoms with Gasteiger partial charge in [0.1, 0.15) is 37.6 Å². The Bertz CT molecular complexity index is 2840. The highest BCUT2D eigenvalue weighted by atomic mass is 16.6. The standard InChI is InChI=1S/2C9H16O4.2C8H14O4.3C8H16O3.3C7H14O3.C7H16O2.C6H14O2/c1-4-9(2,3)8(12)13-6-5-7(10)11;1-4-9(2,3)13-8(12)6-5-7(10)11;1-3-6(2)8(11)12-5-4-7(9)10;1-3-6(2)12-8(11)5-4-7(9)10;1-4-8(2,3)7(10)11-6-5-9;1-4-8(2,3)11-6-5-7(9)10;1-4-8(2,3)11-7(10)5-6-9;1-3-6(2)7(9)10-5-4-8;1-3-6(2)10-5-4-7(8)9;1-3-6(2)10-7(9)4-5-8;1-4-7(2,3)9-6-5-8;1-3-6(2)8-5-4-7/h2*4-6H2,1-3H3,(H,10,11);2*6H,3-5H2,1-2H3,(H,9,10);9H,4-6H2,1-3H3;4-6H2,1-3H3,(H,9,10);9H,4-6H2,1-3H3;6,8H,3-5H2,1-2H3;6H,3-5H2,1-2H3,(H,8,9);6,8H,3-5H2,1-2H3;8H,4-6H2,1-3H3;6-7H,3-5H2,1-2H3. The van der Waals surface area contributed by atoms with Crippen molar-refractivity contribution in [1.82, 2.24) is 0 Å². The lowest BCUT2D eigenvalue weighted by Crippen LogP contribution is -2.27. The van der Waals surface area contributed by atoms with Crippen molar-refractivity contribution in [1.29, 1.82) is 0 Å². The molecule has 0 amide bonds. The number of carbonyl (C=O) groups is 14. The van der Waals surface area contributed by atoms with E-state index in [1.807, 2.05) is 145 Å². The summed E-state index contributed by atoms with van der Waals surface area (Å²) in [6.45, 7) is 58.4. The number of carbonyl (C=O) groups excluding carboxylic acids is 8. The Labute approximate surface area is 776 Å². The second kappa shape index (κ2) is 94.4. The topological polar surface area (TPSA) is 593 Å². The Morgan fingerprint density at radius 3 is 0.792 bits per heavy atom. The van der Waals surface area contributed by atoms with Gasteiger partial charge in [-0.2, -0.15) is 0 Å². The molecule has 0 aromatic heterocycles. The van der Waals surface area contributed by atoms with Crippen LogP contribution in [-0.2, 0) is 124 Å². The molecule has 0 saturated carbocycles. The molecular weight excluding hydrogens is 1710 g/mol. The molecule has 776 valence electrons. The highest BCUT2D eigenvalue weighted by molar-refractivity contribution is 5.78. The Balaban J connectivity index is -0.000000117. The summed E-state index contributed by atoms with van der Waals surface area (Å²) >= 11 is 0. The number of aliphatic hydroxyl groups is 6. The molecule has 0 fully saturated rings. The van der Waals surface area contributed by atoms with Gasteiger partial charge >= 0.3 is 83.6 Å². The van der Waals surface area contributed by atoms with Crippen LogP contribution in [0.3, 0.4) is 0 Å². The van der Waals surface area contributed by atoms with Gasteiger partial charge in [-0.3, -0.25) is 67.1 Å². The lowest BCUT2D eigenvalue weighted by Gasteiger charge is -2.22. The van der Waals surface area contributed by atoms with Crippen molar-refractivity contribution >= 4 is 83.6 Å². The van der Waals surface area contributed by atoms with E-state index in [4.69, 9.17) is 109 Å². The van der Waals surface area contributed by atoms with Crippen LogP contribution in [0.4, 0.5) is 0 Å². The number of esters is 8. The predicted molar refractivity (Wildman–Crippen MR) is 490 cm³/mol. The van der Waals surface area contributed by atoms with Crippen LogP contribution in [-0.4, -0.2) is 284 Å².